The van der Waals surface area contributed by atoms with E-state index in [2.05, 4.69) is 15.6 Å². The van der Waals surface area contributed by atoms with E-state index >= 15 is 0 Å². The van der Waals surface area contributed by atoms with Crippen LogP contribution in [-0.4, -0.2) is 34.7 Å². The van der Waals surface area contributed by atoms with Gasteiger partial charge >= 0.3 is 0 Å². The number of nitrogens with one attached hydrogen (secondary N) is 2. The Labute approximate surface area is 117 Å². The average molecular weight is 284 g/mol. The lowest BCUT2D eigenvalue weighted by molar-refractivity contribution is 0.0956. The first-order valence-electron chi connectivity index (χ1n) is 6.48. The second-order valence-corrected chi connectivity index (χ2v) is 5.11. The number of hydrogen-bond donors (Lipinski definition) is 3. The summed E-state index contributed by atoms with van der Waals surface area (Å²) in [7, 11) is 0. The summed E-state index contributed by atoms with van der Waals surface area (Å²) in [6, 6.07) is 1.82. The molecule has 104 valence electrons. The molecule has 0 aliphatic heterocycles. The van der Waals surface area contributed by atoms with Gasteiger partial charge in [0.2, 0.25) is 0 Å². The molecular formula is C13H18ClN3O2. The Morgan fingerprint density at radius 3 is 3.00 bits per heavy atom. The van der Waals surface area contributed by atoms with Gasteiger partial charge in [0.05, 0.1) is 17.4 Å². The molecule has 2 rings (SSSR count). The quantitative estimate of drug-likeness (QED) is 0.737. The van der Waals surface area contributed by atoms with Gasteiger partial charge in [0.25, 0.3) is 5.91 Å². The largest absolute Gasteiger partial charge is 0.393 e. The first kappa shape index (κ1) is 14.1. The van der Waals surface area contributed by atoms with Crippen molar-refractivity contribution < 1.29 is 9.90 Å². The summed E-state index contributed by atoms with van der Waals surface area (Å²) in [5, 5.41) is 15.9. The molecule has 0 aromatic carbocycles. The molecule has 1 aliphatic rings. The lowest BCUT2D eigenvalue weighted by atomic mass is 10.1. The van der Waals surface area contributed by atoms with Crippen LogP contribution in [0.15, 0.2) is 12.3 Å². The fourth-order valence-corrected chi connectivity index (χ4v) is 2.45. The molecule has 1 fully saturated rings. The first-order valence-corrected chi connectivity index (χ1v) is 6.86. The van der Waals surface area contributed by atoms with Crippen LogP contribution in [0.4, 0.5) is 5.69 Å². The molecule has 1 amide bonds. The van der Waals surface area contributed by atoms with Gasteiger partial charge in [-0.15, -0.1) is 0 Å². The van der Waals surface area contributed by atoms with Crippen LogP contribution < -0.4 is 10.6 Å². The molecule has 1 heterocycles. The van der Waals surface area contributed by atoms with E-state index < -0.39 is 0 Å². The molecule has 0 saturated heterocycles. The van der Waals surface area contributed by atoms with Gasteiger partial charge in [-0.3, -0.25) is 4.79 Å². The number of aliphatic hydroxyl groups is 1. The summed E-state index contributed by atoms with van der Waals surface area (Å²) in [5.41, 5.74) is 1.15. The number of carbonyl (C=O) groups excluding carboxylic acids is 1. The lowest BCUT2D eigenvalue weighted by Crippen LogP contribution is -2.26. The van der Waals surface area contributed by atoms with Crippen molar-refractivity contribution in [2.75, 3.05) is 11.9 Å². The summed E-state index contributed by atoms with van der Waals surface area (Å²) in [6.07, 6.45) is 3.57. The molecule has 1 aromatic heterocycles. The number of pyridine rings is 1. The van der Waals surface area contributed by atoms with Crippen LogP contribution in [0.5, 0.6) is 0 Å². The number of nitrogens with zero attached hydrogens (tertiary/aromatic N) is 1. The molecule has 3 N–H and O–H groups in total. The van der Waals surface area contributed by atoms with Crippen molar-refractivity contribution in [1.82, 2.24) is 10.3 Å². The predicted molar refractivity (Wildman–Crippen MR) is 74.5 cm³/mol. The number of rotatable bonds is 4. The van der Waals surface area contributed by atoms with Gasteiger partial charge in [-0.2, -0.15) is 0 Å². The van der Waals surface area contributed by atoms with Crippen molar-refractivity contribution in [2.24, 2.45) is 0 Å². The third kappa shape index (κ3) is 3.58. The minimum Gasteiger partial charge on any atom is -0.393 e. The topological polar surface area (TPSA) is 74.2 Å². The lowest BCUT2D eigenvalue weighted by Gasteiger charge is -2.16. The van der Waals surface area contributed by atoms with Crippen LogP contribution in [0.3, 0.4) is 0 Å². The van der Waals surface area contributed by atoms with Crippen molar-refractivity contribution >= 4 is 23.2 Å². The zero-order chi connectivity index (χ0) is 13.8. The third-order valence-electron chi connectivity index (χ3n) is 3.22. The second kappa shape index (κ2) is 6.21. The highest BCUT2D eigenvalue weighted by atomic mass is 35.5. The van der Waals surface area contributed by atoms with E-state index in [1.54, 1.807) is 6.07 Å². The van der Waals surface area contributed by atoms with Crippen molar-refractivity contribution in [3.8, 4) is 0 Å². The molecular weight excluding hydrogens is 266 g/mol. The Balaban J connectivity index is 2.17. The van der Waals surface area contributed by atoms with Gasteiger partial charge in [-0.05, 0) is 32.3 Å². The van der Waals surface area contributed by atoms with Crippen molar-refractivity contribution in [1.29, 1.82) is 0 Å². The second-order valence-electron chi connectivity index (χ2n) is 4.72. The van der Waals surface area contributed by atoms with Crippen molar-refractivity contribution in [2.45, 2.75) is 38.3 Å². The number of hydrogen-bond acceptors (Lipinski definition) is 4. The monoisotopic (exact) mass is 283 g/mol. The van der Waals surface area contributed by atoms with Gasteiger partial charge in [0, 0.05) is 18.8 Å². The summed E-state index contributed by atoms with van der Waals surface area (Å²) in [5.74, 6) is -0.173. The maximum absolute atomic E-state index is 11.9. The number of aromatic nitrogens is 1. The van der Waals surface area contributed by atoms with Crippen LogP contribution >= 0.6 is 11.6 Å². The van der Waals surface area contributed by atoms with Gasteiger partial charge in [-0.1, -0.05) is 11.6 Å². The van der Waals surface area contributed by atoms with E-state index in [0.29, 0.717) is 29.4 Å². The van der Waals surface area contributed by atoms with Crippen LogP contribution in [0.1, 0.15) is 36.5 Å². The van der Waals surface area contributed by atoms with Crippen molar-refractivity contribution in [3.05, 3.63) is 23.0 Å². The first-order chi connectivity index (χ1) is 9.10. The van der Waals surface area contributed by atoms with E-state index in [1.807, 2.05) is 6.92 Å². The van der Waals surface area contributed by atoms with Gasteiger partial charge in [-0.25, -0.2) is 4.98 Å². The summed E-state index contributed by atoms with van der Waals surface area (Å²) >= 11 is 5.88. The zero-order valence-electron chi connectivity index (χ0n) is 10.8. The number of aliphatic hydroxyl groups excluding tert-OH is 1. The van der Waals surface area contributed by atoms with Crippen molar-refractivity contribution in [3.63, 3.8) is 0 Å². The van der Waals surface area contributed by atoms with Crippen LogP contribution in [-0.2, 0) is 0 Å². The molecule has 2 atom stereocenters. The highest BCUT2D eigenvalue weighted by Gasteiger charge is 2.24. The van der Waals surface area contributed by atoms with Gasteiger partial charge < -0.3 is 15.7 Å². The highest BCUT2D eigenvalue weighted by Crippen LogP contribution is 2.26. The molecule has 2 unspecified atom stereocenters. The number of anilines is 1. The van der Waals surface area contributed by atoms with Crippen LogP contribution in [0.25, 0.3) is 0 Å². The molecule has 1 aromatic rings. The number of carbonyl (C=O) groups is 1. The predicted octanol–water partition coefficient (Wildman–Crippen LogP) is 1.81. The Morgan fingerprint density at radius 1 is 1.58 bits per heavy atom. The number of halogens is 1. The Bertz CT molecular complexity index is 467. The van der Waals surface area contributed by atoms with Gasteiger partial charge in [0.15, 0.2) is 0 Å². The molecule has 6 heteroatoms. The molecule has 0 radical (unpaired) electrons. The van der Waals surface area contributed by atoms with Crippen LogP contribution in [0.2, 0.25) is 5.15 Å². The fourth-order valence-electron chi connectivity index (χ4n) is 2.29. The van der Waals surface area contributed by atoms with E-state index in [9.17, 15) is 9.90 Å². The number of amides is 1. The minimum atomic E-state index is -0.261. The van der Waals surface area contributed by atoms with E-state index in [1.165, 1.54) is 6.20 Å². The maximum Gasteiger partial charge on any atom is 0.254 e. The normalized spacial score (nSPS) is 22.3. The molecule has 1 aliphatic carbocycles. The summed E-state index contributed by atoms with van der Waals surface area (Å²) < 4.78 is 0. The average Bonchev–Trinajstić information content (AvgIpc) is 2.75. The maximum atomic E-state index is 11.9. The fraction of sp³-hybridized carbons (Fsp3) is 0.538. The third-order valence-corrected chi connectivity index (χ3v) is 3.42. The smallest absolute Gasteiger partial charge is 0.254 e. The molecule has 0 spiro atoms. The zero-order valence-corrected chi connectivity index (χ0v) is 11.6. The molecule has 5 nitrogen and oxygen atoms in total. The standard InChI is InChI=1S/C13H18ClN3O2/c1-2-15-13(19)10-7-16-12(14)6-11(10)17-8-3-4-9(18)5-8/h6-9,18H,2-5H2,1H3,(H,15,19)(H,16,17). The Kier molecular flexibility index (Phi) is 4.61. The summed E-state index contributed by atoms with van der Waals surface area (Å²) in [6.45, 7) is 2.42. The Hall–Kier alpha value is -1.33. The summed E-state index contributed by atoms with van der Waals surface area (Å²) in [4.78, 5) is 15.9. The van der Waals surface area contributed by atoms with E-state index in [4.69, 9.17) is 11.6 Å². The molecule has 0 bridgehead atoms. The molecule has 1 saturated carbocycles. The molecule has 19 heavy (non-hydrogen) atoms. The van der Waals surface area contributed by atoms with Crippen LogP contribution in [0, 0.1) is 0 Å². The minimum absolute atomic E-state index is 0.168. The van der Waals surface area contributed by atoms with E-state index in [-0.39, 0.29) is 18.1 Å². The Morgan fingerprint density at radius 2 is 2.37 bits per heavy atom. The van der Waals surface area contributed by atoms with Gasteiger partial charge in [0.1, 0.15) is 5.15 Å². The SMILES string of the molecule is CCNC(=O)c1cnc(Cl)cc1NC1CCC(O)C1. The van der Waals surface area contributed by atoms with E-state index in [0.717, 1.165) is 12.8 Å². The highest BCUT2D eigenvalue weighted by molar-refractivity contribution is 6.29.